The molecule has 0 fully saturated rings. The van der Waals surface area contributed by atoms with Gasteiger partial charge < -0.3 is 9.47 Å². The number of fused-ring (bicyclic) bond motifs is 1. The second-order valence-corrected chi connectivity index (χ2v) is 9.54. The minimum Gasteiger partial charge on any atom is -0.469 e. The zero-order valence-electron chi connectivity index (χ0n) is 21.3. The van der Waals surface area contributed by atoms with Gasteiger partial charge >= 0.3 is 5.97 Å². The van der Waals surface area contributed by atoms with Crippen molar-refractivity contribution < 1.29 is 23.9 Å². The van der Waals surface area contributed by atoms with Crippen LogP contribution in [0.2, 0.25) is 0 Å². The van der Waals surface area contributed by atoms with Gasteiger partial charge in [-0.15, -0.1) is 0 Å². The molecule has 0 aromatic heterocycles. The SMILES string of the molecule is CCCCCCCCC=CCCCCCCCC(=O)OC1(C)C(=O)C=C2C=C(C)OC=C2C1=O. The van der Waals surface area contributed by atoms with Crippen LogP contribution in [0, 0.1) is 0 Å². The summed E-state index contributed by atoms with van der Waals surface area (Å²) in [7, 11) is 0. The average Bonchev–Trinajstić information content (AvgIpc) is 2.80. The van der Waals surface area contributed by atoms with E-state index in [0.717, 1.165) is 32.1 Å². The smallest absolute Gasteiger partial charge is 0.307 e. The van der Waals surface area contributed by atoms with Crippen molar-refractivity contribution in [2.24, 2.45) is 0 Å². The number of esters is 1. The van der Waals surface area contributed by atoms with Gasteiger partial charge in [-0.1, -0.05) is 70.4 Å². The number of ether oxygens (including phenoxy) is 2. The number of ketones is 2. The third-order valence-corrected chi connectivity index (χ3v) is 6.43. The Kier molecular flexibility index (Phi) is 12.1. The third-order valence-electron chi connectivity index (χ3n) is 6.43. The van der Waals surface area contributed by atoms with Crippen LogP contribution < -0.4 is 0 Å². The molecule has 1 heterocycles. The van der Waals surface area contributed by atoms with E-state index >= 15 is 0 Å². The molecule has 0 aromatic carbocycles. The number of carbonyl (C=O) groups is 3. The molecule has 1 aliphatic carbocycles. The summed E-state index contributed by atoms with van der Waals surface area (Å²) >= 11 is 0. The molecule has 2 rings (SSSR count). The minimum atomic E-state index is -1.81. The van der Waals surface area contributed by atoms with Crippen LogP contribution in [0.4, 0.5) is 0 Å². The number of hydrogen-bond acceptors (Lipinski definition) is 5. The van der Waals surface area contributed by atoms with Crippen molar-refractivity contribution in [1.82, 2.24) is 0 Å². The number of unbranched alkanes of at least 4 members (excludes halogenated alkanes) is 11. The van der Waals surface area contributed by atoms with Crippen LogP contribution in [0.5, 0.6) is 0 Å². The van der Waals surface area contributed by atoms with Crippen molar-refractivity contribution in [2.45, 2.75) is 116 Å². The molecule has 0 bridgehead atoms. The molecule has 0 amide bonds. The van der Waals surface area contributed by atoms with E-state index in [2.05, 4.69) is 19.1 Å². The van der Waals surface area contributed by atoms with E-state index in [1.807, 2.05) is 0 Å². The van der Waals surface area contributed by atoms with Gasteiger partial charge in [0.15, 0.2) is 0 Å². The van der Waals surface area contributed by atoms with Gasteiger partial charge in [0.2, 0.25) is 17.2 Å². The summed E-state index contributed by atoms with van der Waals surface area (Å²) in [6.07, 6.45) is 24.5. The lowest BCUT2D eigenvalue weighted by atomic mass is 9.80. The maximum atomic E-state index is 12.8. The lowest BCUT2D eigenvalue weighted by molar-refractivity contribution is -0.169. The summed E-state index contributed by atoms with van der Waals surface area (Å²) in [6.45, 7) is 5.36. The Labute approximate surface area is 205 Å². The van der Waals surface area contributed by atoms with E-state index in [1.54, 1.807) is 13.0 Å². The second kappa shape index (κ2) is 14.7. The molecule has 5 heteroatoms. The van der Waals surface area contributed by atoms with Crippen LogP contribution in [-0.2, 0) is 23.9 Å². The van der Waals surface area contributed by atoms with Crippen molar-refractivity contribution in [2.75, 3.05) is 0 Å². The molecule has 1 aliphatic heterocycles. The highest BCUT2D eigenvalue weighted by molar-refractivity contribution is 6.26. The molecular formula is C29H42O5. The molecule has 2 aliphatic rings. The van der Waals surface area contributed by atoms with Gasteiger partial charge in [-0.05, 0) is 63.7 Å². The second-order valence-electron chi connectivity index (χ2n) is 9.54. The fourth-order valence-electron chi connectivity index (χ4n) is 4.22. The average molecular weight is 471 g/mol. The minimum absolute atomic E-state index is 0.208. The highest BCUT2D eigenvalue weighted by Gasteiger charge is 2.49. The molecular weight excluding hydrogens is 428 g/mol. The molecule has 0 radical (unpaired) electrons. The molecule has 188 valence electrons. The number of allylic oxidation sites excluding steroid dienone is 5. The third kappa shape index (κ3) is 8.73. The zero-order chi connectivity index (χ0) is 24.8. The van der Waals surface area contributed by atoms with Crippen molar-refractivity contribution >= 4 is 17.5 Å². The molecule has 5 nitrogen and oxygen atoms in total. The number of hydrogen-bond donors (Lipinski definition) is 0. The standard InChI is InChI=1S/C29H42O5/c1-4-5-6-7-8-9-10-11-12-13-14-15-16-17-18-19-27(31)34-29(3)26(30)21-24-20-23(2)33-22-25(24)28(29)32/h11-12,20-22H,4-10,13-19H2,1-3H3. The van der Waals surface area contributed by atoms with Crippen molar-refractivity contribution in [3.8, 4) is 0 Å². The number of carbonyl (C=O) groups excluding carboxylic acids is 3. The topological polar surface area (TPSA) is 69.7 Å². The van der Waals surface area contributed by atoms with Crippen LogP contribution in [0.1, 0.15) is 111 Å². The molecule has 1 atom stereocenters. The first-order chi connectivity index (χ1) is 16.4. The van der Waals surface area contributed by atoms with Gasteiger partial charge in [-0.3, -0.25) is 14.4 Å². The van der Waals surface area contributed by atoms with E-state index in [4.69, 9.17) is 9.47 Å². The molecule has 0 saturated carbocycles. The van der Waals surface area contributed by atoms with Crippen LogP contribution in [0.25, 0.3) is 0 Å². The predicted molar refractivity (Wildman–Crippen MR) is 135 cm³/mol. The van der Waals surface area contributed by atoms with Crippen molar-refractivity contribution in [3.63, 3.8) is 0 Å². The van der Waals surface area contributed by atoms with Gasteiger partial charge in [-0.25, -0.2) is 0 Å². The van der Waals surface area contributed by atoms with E-state index in [-0.39, 0.29) is 12.0 Å². The molecule has 0 spiro atoms. The van der Waals surface area contributed by atoms with Crippen LogP contribution in [0.3, 0.4) is 0 Å². The Morgan fingerprint density at radius 1 is 0.912 bits per heavy atom. The van der Waals surface area contributed by atoms with Crippen molar-refractivity contribution in [1.29, 1.82) is 0 Å². The Morgan fingerprint density at radius 3 is 2.15 bits per heavy atom. The lowest BCUT2D eigenvalue weighted by Gasteiger charge is -2.31. The molecule has 0 saturated heterocycles. The normalized spacial score (nSPS) is 19.9. The first-order valence-corrected chi connectivity index (χ1v) is 13.1. The maximum Gasteiger partial charge on any atom is 0.307 e. The highest BCUT2D eigenvalue weighted by atomic mass is 16.6. The summed E-state index contributed by atoms with van der Waals surface area (Å²) in [5.41, 5.74) is -1.04. The van der Waals surface area contributed by atoms with Crippen LogP contribution in [-0.4, -0.2) is 23.1 Å². The monoisotopic (exact) mass is 470 g/mol. The first kappa shape index (κ1) is 27.8. The van der Waals surface area contributed by atoms with Gasteiger partial charge in [0, 0.05) is 6.42 Å². The van der Waals surface area contributed by atoms with Crippen LogP contribution in [0.15, 0.2) is 47.5 Å². The van der Waals surface area contributed by atoms with Gasteiger partial charge in [0.25, 0.3) is 0 Å². The van der Waals surface area contributed by atoms with Gasteiger partial charge in [0.05, 0.1) is 5.57 Å². The van der Waals surface area contributed by atoms with E-state index < -0.39 is 23.1 Å². The Hall–Kier alpha value is -2.43. The molecule has 34 heavy (non-hydrogen) atoms. The zero-order valence-corrected chi connectivity index (χ0v) is 21.3. The molecule has 1 unspecified atom stereocenters. The largest absolute Gasteiger partial charge is 0.469 e. The Bertz CT molecular complexity index is 829. The molecule has 0 aromatic rings. The summed E-state index contributed by atoms with van der Waals surface area (Å²) in [6, 6.07) is 0. The van der Waals surface area contributed by atoms with E-state index in [9.17, 15) is 14.4 Å². The quantitative estimate of drug-likeness (QED) is 0.103. The number of Topliss-reactive ketones (excluding diaryl/α,β-unsaturated/α-hetero) is 1. The van der Waals surface area contributed by atoms with Crippen molar-refractivity contribution in [3.05, 3.63) is 47.5 Å². The van der Waals surface area contributed by atoms with Gasteiger partial charge in [-0.2, -0.15) is 0 Å². The lowest BCUT2D eigenvalue weighted by Crippen LogP contribution is -2.50. The van der Waals surface area contributed by atoms with Crippen LogP contribution >= 0.6 is 0 Å². The molecule has 0 N–H and O–H groups in total. The summed E-state index contributed by atoms with van der Waals surface area (Å²) in [4.78, 5) is 37.7. The summed E-state index contributed by atoms with van der Waals surface area (Å²) in [5.74, 6) is -0.951. The number of rotatable bonds is 16. The Morgan fingerprint density at radius 2 is 1.50 bits per heavy atom. The summed E-state index contributed by atoms with van der Waals surface area (Å²) in [5, 5.41) is 0. The summed E-state index contributed by atoms with van der Waals surface area (Å²) < 4.78 is 10.7. The first-order valence-electron chi connectivity index (χ1n) is 13.1. The maximum absolute atomic E-state index is 12.8. The highest BCUT2D eigenvalue weighted by Crippen LogP contribution is 2.33. The van der Waals surface area contributed by atoms with E-state index in [0.29, 0.717) is 17.8 Å². The van der Waals surface area contributed by atoms with E-state index in [1.165, 1.54) is 64.2 Å². The fourth-order valence-corrected chi connectivity index (χ4v) is 4.22. The van der Waals surface area contributed by atoms with Gasteiger partial charge in [0.1, 0.15) is 12.0 Å². The predicted octanol–water partition coefficient (Wildman–Crippen LogP) is 7.22. The fraction of sp³-hybridized carbons (Fsp3) is 0.621. The Balaban J connectivity index is 1.56.